The number of thiophene rings is 1. The van der Waals surface area contributed by atoms with Gasteiger partial charge in [0.05, 0.1) is 14.0 Å². The van der Waals surface area contributed by atoms with E-state index in [1.165, 1.54) is 49.9 Å². The first kappa shape index (κ1) is 14.2. The summed E-state index contributed by atoms with van der Waals surface area (Å²) in [6.07, 6.45) is 8.10. The Morgan fingerprint density at radius 1 is 1.20 bits per heavy atom. The first-order chi connectivity index (χ1) is 9.39. The van der Waals surface area contributed by atoms with E-state index >= 15 is 0 Å². The summed E-state index contributed by atoms with van der Waals surface area (Å²) in [5.74, 6) is 1.77. The topological polar surface area (TPSA) is 0 Å². The van der Waals surface area contributed by atoms with Crippen LogP contribution >= 0.6 is 46.1 Å². The first-order valence-electron chi connectivity index (χ1n) is 7.48. The van der Waals surface area contributed by atoms with E-state index in [0.29, 0.717) is 5.41 Å². The van der Waals surface area contributed by atoms with Gasteiger partial charge < -0.3 is 0 Å². The van der Waals surface area contributed by atoms with Crippen molar-refractivity contribution < 1.29 is 0 Å². The smallest absolute Gasteiger partial charge is 0.0991 e. The molecule has 0 aliphatic heterocycles. The van der Waals surface area contributed by atoms with E-state index in [2.05, 4.69) is 6.92 Å². The molecule has 0 radical (unpaired) electrons. The second-order valence-electron chi connectivity index (χ2n) is 7.78. The highest BCUT2D eigenvalue weighted by Gasteiger charge is 2.58. The molecule has 0 spiro atoms. The zero-order chi connectivity index (χ0) is 14.1. The minimum Gasteiger partial charge on any atom is -0.117 e. The predicted octanol–water partition coefficient (Wildman–Crippen LogP) is 6.94. The fourth-order valence-electron chi connectivity index (χ4n) is 5.95. The highest BCUT2D eigenvalue weighted by Crippen LogP contribution is 2.70. The van der Waals surface area contributed by atoms with Crippen LogP contribution in [0.3, 0.4) is 0 Å². The van der Waals surface area contributed by atoms with Crippen molar-refractivity contribution in [2.45, 2.75) is 50.8 Å². The summed E-state index contributed by atoms with van der Waals surface area (Å²) in [4.78, 5) is 0. The molecular formula is C16H19Cl3S. The molecule has 4 aliphatic rings. The third kappa shape index (κ3) is 2.07. The normalized spacial score (nSPS) is 44.0. The Morgan fingerprint density at radius 3 is 2.35 bits per heavy atom. The average Bonchev–Trinajstić information content (AvgIpc) is 2.64. The van der Waals surface area contributed by atoms with E-state index in [0.717, 1.165) is 26.1 Å². The molecule has 1 aromatic rings. The Balaban J connectivity index is 1.72. The number of hydrogen-bond donors (Lipinski definition) is 0. The van der Waals surface area contributed by atoms with Gasteiger partial charge in [-0.1, -0.05) is 30.1 Å². The number of hydrogen-bond acceptors (Lipinski definition) is 1. The summed E-state index contributed by atoms with van der Waals surface area (Å²) in [7, 11) is 0. The van der Waals surface area contributed by atoms with Gasteiger partial charge in [-0.05, 0) is 67.3 Å². The molecular weight excluding hydrogens is 331 g/mol. The van der Waals surface area contributed by atoms with Gasteiger partial charge in [-0.25, -0.2) is 0 Å². The average molecular weight is 350 g/mol. The molecule has 20 heavy (non-hydrogen) atoms. The molecule has 3 atom stereocenters. The molecule has 4 bridgehead atoms. The molecule has 0 aromatic carbocycles. The van der Waals surface area contributed by atoms with Crippen LogP contribution in [0.2, 0.25) is 8.67 Å². The lowest BCUT2D eigenvalue weighted by Gasteiger charge is -2.62. The Bertz CT molecular complexity index is 536. The lowest BCUT2D eigenvalue weighted by atomic mass is 9.43. The first-order valence-corrected chi connectivity index (χ1v) is 9.49. The van der Waals surface area contributed by atoms with Crippen LogP contribution in [0.5, 0.6) is 0 Å². The van der Waals surface area contributed by atoms with E-state index in [9.17, 15) is 0 Å². The van der Waals surface area contributed by atoms with Gasteiger partial charge in [-0.2, -0.15) is 0 Å². The van der Waals surface area contributed by atoms with Gasteiger partial charge >= 0.3 is 0 Å². The van der Waals surface area contributed by atoms with Gasteiger partial charge in [0.1, 0.15) is 0 Å². The lowest BCUT2D eigenvalue weighted by molar-refractivity contribution is -0.103. The molecule has 4 saturated carbocycles. The standard InChI is InChI=1S/C16H19Cl3S/c1-15-4-9-2-10(5-15)7-16(6-9,8-15)13(18)11-3-12(17)20-14(11)19/h3,9-10,13H,2,4-8H2,1H3. The molecule has 0 nitrogen and oxygen atoms in total. The van der Waals surface area contributed by atoms with Crippen molar-refractivity contribution >= 4 is 46.1 Å². The maximum Gasteiger partial charge on any atom is 0.0991 e. The molecule has 4 fully saturated rings. The van der Waals surface area contributed by atoms with Crippen LogP contribution in [0.4, 0.5) is 0 Å². The molecule has 110 valence electrons. The van der Waals surface area contributed by atoms with Crippen molar-refractivity contribution in [3.63, 3.8) is 0 Å². The maximum atomic E-state index is 6.97. The molecule has 1 heterocycles. The van der Waals surface area contributed by atoms with E-state index in [-0.39, 0.29) is 10.8 Å². The highest BCUT2D eigenvalue weighted by atomic mass is 35.5. The fraction of sp³-hybridized carbons (Fsp3) is 0.750. The molecule has 1 aromatic heterocycles. The van der Waals surface area contributed by atoms with Crippen LogP contribution in [0.15, 0.2) is 6.07 Å². The van der Waals surface area contributed by atoms with Gasteiger partial charge in [0.15, 0.2) is 0 Å². The summed E-state index contributed by atoms with van der Waals surface area (Å²) >= 11 is 20.9. The quantitative estimate of drug-likeness (QED) is 0.507. The van der Waals surface area contributed by atoms with Crippen LogP contribution in [0.1, 0.15) is 56.4 Å². The van der Waals surface area contributed by atoms with Crippen LogP contribution in [0.25, 0.3) is 0 Å². The second kappa shape index (κ2) is 4.54. The van der Waals surface area contributed by atoms with Crippen molar-refractivity contribution in [2.24, 2.45) is 22.7 Å². The van der Waals surface area contributed by atoms with E-state index in [1.54, 1.807) is 0 Å². The SMILES string of the molecule is CC12CC3CC(C1)CC(C(Cl)c1cc(Cl)sc1Cl)(C3)C2. The Labute approximate surface area is 139 Å². The van der Waals surface area contributed by atoms with Gasteiger partial charge in [-0.3, -0.25) is 0 Å². The highest BCUT2D eigenvalue weighted by molar-refractivity contribution is 7.20. The Kier molecular flexibility index (Phi) is 3.22. The Morgan fingerprint density at radius 2 is 1.85 bits per heavy atom. The third-order valence-electron chi connectivity index (χ3n) is 5.89. The second-order valence-corrected chi connectivity index (χ2v) is 10.5. The van der Waals surface area contributed by atoms with Gasteiger partial charge in [0.25, 0.3) is 0 Å². The summed E-state index contributed by atoms with van der Waals surface area (Å²) in [5.41, 5.74) is 1.85. The van der Waals surface area contributed by atoms with E-state index < -0.39 is 0 Å². The summed E-state index contributed by atoms with van der Waals surface area (Å²) in [6, 6.07) is 1.99. The minimum atomic E-state index is 0.0315. The molecule has 4 heteroatoms. The van der Waals surface area contributed by atoms with Crippen LogP contribution < -0.4 is 0 Å². The van der Waals surface area contributed by atoms with Crippen LogP contribution in [0, 0.1) is 22.7 Å². The molecule has 0 saturated heterocycles. The van der Waals surface area contributed by atoms with Gasteiger partial charge in [0, 0.05) is 5.56 Å². The Hall–Kier alpha value is 0.570. The summed E-state index contributed by atoms with van der Waals surface area (Å²) in [5, 5.41) is 0.0315. The summed E-state index contributed by atoms with van der Waals surface area (Å²) in [6.45, 7) is 2.48. The number of rotatable bonds is 2. The number of halogens is 3. The largest absolute Gasteiger partial charge is 0.117 e. The van der Waals surface area contributed by atoms with Gasteiger partial charge in [0.2, 0.25) is 0 Å². The van der Waals surface area contributed by atoms with Crippen molar-refractivity contribution in [3.8, 4) is 0 Å². The molecule has 4 aliphatic carbocycles. The van der Waals surface area contributed by atoms with E-state index in [1.807, 2.05) is 6.07 Å². The van der Waals surface area contributed by atoms with Crippen LogP contribution in [-0.4, -0.2) is 0 Å². The number of alkyl halides is 1. The molecule has 0 amide bonds. The lowest BCUT2D eigenvalue weighted by Crippen LogP contribution is -2.52. The maximum absolute atomic E-state index is 6.97. The molecule has 0 N–H and O–H groups in total. The van der Waals surface area contributed by atoms with Crippen molar-refractivity contribution in [1.29, 1.82) is 0 Å². The van der Waals surface area contributed by atoms with Crippen molar-refractivity contribution in [1.82, 2.24) is 0 Å². The van der Waals surface area contributed by atoms with Gasteiger partial charge in [-0.15, -0.1) is 22.9 Å². The van der Waals surface area contributed by atoms with E-state index in [4.69, 9.17) is 34.8 Å². The van der Waals surface area contributed by atoms with Crippen LogP contribution in [-0.2, 0) is 0 Å². The van der Waals surface area contributed by atoms with Crippen molar-refractivity contribution in [2.75, 3.05) is 0 Å². The monoisotopic (exact) mass is 348 g/mol. The summed E-state index contributed by atoms with van der Waals surface area (Å²) < 4.78 is 1.54. The third-order valence-corrected chi connectivity index (χ3v) is 8.11. The van der Waals surface area contributed by atoms with Crippen molar-refractivity contribution in [3.05, 3.63) is 20.3 Å². The molecule has 5 rings (SSSR count). The zero-order valence-corrected chi connectivity index (χ0v) is 14.7. The molecule has 3 unspecified atom stereocenters. The fourth-order valence-corrected chi connectivity index (χ4v) is 8.03. The predicted molar refractivity (Wildman–Crippen MR) is 88.2 cm³/mol. The minimum absolute atomic E-state index is 0.0315. The zero-order valence-electron chi connectivity index (χ0n) is 11.6.